The van der Waals surface area contributed by atoms with Crippen LogP contribution in [-0.4, -0.2) is 41.8 Å². The monoisotopic (exact) mass is 384 g/mol. The molecule has 1 aliphatic rings. The van der Waals surface area contributed by atoms with Crippen LogP contribution in [0.25, 0.3) is 0 Å². The van der Waals surface area contributed by atoms with E-state index in [2.05, 4.69) is 0 Å². The van der Waals surface area contributed by atoms with Gasteiger partial charge in [0.25, 0.3) is 0 Å². The van der Waals surface area contributed by atoms with Crippen LogP contribution in [0.2, 0.25) is 0 Å². The minimum absolute atomic E-state index is 0.0265. The van der Waals surface area contributed by atoms with Gasteiger partial charge in [0, 0.05) is 31.6 Å². The summed E-state index contributed by atoms with van der Waals surface area (Å²) in [5.41, 5.74) is 1.71. The summed E-state index contributed by atoms with van der Waals surface area (Å²) in [4.78, 5) is 28.5. The molecule has 3 rings (SSSR count). The molecule has 0 spiro atoms. The largest absolute Gasteiger partial charge is 0.496 e. The summed E-state index contributed by atoms with van der Waals surface area (Å²) in [5, 5.41) is 0. The zero-order chi connectivity index (χ0) is 19.9. The van der Waals surface area contributed by atoms with Gasteiger partial charge in [-0.15, -0.1) is 0 Å². The summed E-state index contributed by atoms with van der Waals surface area (Å²) in [6, 6.07) is 13.6. The van der Waals surface area contributed by atoms with Crippen molar-refractivity contribution in [3.63, 3.8) is 0 Å². The Bertz CT molecular complexity index is 823. The third kappa shape index (κ3) is 5.09. The molecule has 1 aliphatic heterocycles. The molecule has 1 heterocycles. The molecule has 0 bridgehead atoms. The summed E-state index contributed by atoms with van der Waals surface area (Å²) in [5.74, 6) is 0.280. The van der Waals surface area contributed by atoms with E-state index in [9.17, 15) is 14.0 Å². The van der Waals surface area contributed by atoms with Crippen molar-refractivity contribution in [1.82, 2.24) is 9.80 Å². The van der Waals surface area contributed by atoms with E-state index in [1.54, 1.807) is 29.0 Å². The number of benzene rings is 2. The van der Waals surface area contributed by atoms with Gasteiger partial charge in [-0.25, -0.2) is 4.39 Å². The van der Waals surface area contributed by atoms with Gasteiger partial charge in [-0.2, -0.15) is 0 Å². The predicted molar refractivity (Wildman–Crippen MR) is 104 cm³/mol. The molecule has 0 aromatic heterocycles. The topological polar surface area (TPSA) is 49.9 Å². The molecular formula is C22H25FN2O3. The Morgan fingerprint density at radius 3 is 2.57 bits per heavy atom. The summed E-state index contributed by atoms with van der Waals surface area (Å²) in [6.45, 7) is 1.36. The number of ether oxygens (including phenoxy) is 1. The molecule has 0 radical (unpaired) electrons. The number of para-hydroxylation sites is 1. The number of methoxy groups -OCH3 is 1. The van der Waals surface area contributed by atoms with Gasteiger partial charge in [0.15, 0.2) is 0 Å². The van der Waals surface area contributed by atoms with E-state index in [-0.39, 0.29) is 24.2 Å². The molecule has 2 amide bonds. The standard InChI is InChI=1S/C22H25FN2O3/c1-28-20-7-3-2-6-18(20)15-25(14-17-9-11-19(23)12-10-17)22(27)16-24-13-5-4-8-21(24)26/h2-3,6-7,9-12H,4-5,8,13-16H2,1H3. The van der Waals surface area contributed by atoms with Crippen LogP contribution >= 0.6 is 0 Å². The fraction of sp³-hybridized carbons (Fsp3) is 0.364. The molecule has 0 atom stereocenters. The molecule has 2 aromatic carbocycles. The molecule has 1 fully saturated rings. The highest BCUT2D eigenvalue weighted by atomic mass is 19.1. The maximum Gasteiger partial charge on any atom is 0.242 e. The highest BCUT2D eigenvalue weighted by Crippen LogP contribution is 2.21. The van der Waals surface area contributed by atoms with Crippen molar-refractivity contribution in [3.8, 4) is 5.75 Å². The number of hydrogen-bond donors (Lipinski definition) is 0. The van der Waals surface area contributed by atoms with Crippen LogP contribution in [0.3, 0.4) is 0 Å². The first-order valence-electron chi connectivity index (χ1n) is 9.48. The van der Waals surface area contributed by atoms with Crippen LogP contribution in [0.15, 0.2) is 48.5 Å². The zero-order valence-corrected chi connectivity index (χ0v) is 16.1. The summed E-state index contributed by atoms with van der Waals surface area (Å²) in [7, 11) is 1.59. The third-order valence-electron chi connectivity index (χ3n) is 4.94. The average Bonchev–Trinajstić information content (AvgIpc) is 2.71. The van der Waals surface area contributed by atoms with Gasteiger partial charge in [-0.05, 0) is 36.6 Å². The lowest BCUT2D eigenvalue weighted by Crippen LogP contribution is -2.44. The molecule has 0 N–H and O–H groups in total. The lowest BCUT2D eigenvalue weighted by molar-refractivity contribution is -0.142. The lowest BCUT2D eigenvalue weighted by Gasteiger charge is -2.30. The SMILES string of the molecule is COc1ccccc1CN(Cc1ccc(F)cc1)C(=O)CN1CCCCC1=O. The van der Waals surface area contributed by atoms with Gasteiger partial charge in [0.1, 0.15) is 11.6 Å². The lowest BCUT2D eigenvalue weighted by atomic mass is 10.1. The van der Waals surface area contributed by atoms with Gasteiger partial charge < -0.3 is 14.5 Å². The second kappa shape index (κ2) is 9.35. The first kappa shape index (κ1) is 19.9. The van der Waals surface area contributed by atoms with Crippen LogP contribution in [0, 0.1) is 5.82 Å². The summed E-state index contributed by atoms with van der Waals surface area (Å²) >= 11 is 0. The minimum Gasteiger partial charge on any atom is -0.496 e. The number of carbonyl (C=O) groups excluding carboxylic acids is 2. The maximum atomic E-state index is 13.2. The van der Waals surface area contributed by atoms with E-state index in [0.717, 1.165) is 24.0 Å². The number of piperidine rings is 1. The first-order valence-corrected chi connectivity index (χ1v) is 9.48. The van der Waals surface area contributed by atoms with Crippen LogP contribution < -0.4 is 4.74 Å². The molecule has 2 aromatic rings. The van der Waals surface area contributed by atoms with E-state index in [1.165, 1.54) is 12.1 Å². The van der Waals surface area contributed by atoms with Gasteiger partial charge in [-0.3, -0.25) is 9.59 Å². The maximum absolute atomic E-state index is 13.2. The van der Waals surface area contributed by atoms with Gasteiger partial charge >= 0.3 is 0 Å². The molecule has 5 nitrogen and oxygen atoms in total. The Morgan fingerprint density at radius 1 is 1.11 bits per heavy atom. The fourth-order valence-corrected chi connectivity index (χ4v) is 3.37. The van der Waals surface area contributed by atoms with Crippen molar-refractivity contribution >= 4 is 11.8 Å². The van der Waals surface area contributed by atoms with Crippen molar-refractivity contribution < 1.29 is 18.7 Å². The zero-order valence-electron chi connectivity index (χ0n) is 16.1. The second-order valence-corrected chi connectivity index (χ2v) is 6.96. The van der Waals surface area contributed by atoms with E-state index < -0.39 is 0 Å². The molecular weight excluding hydrogens is 359 g/mol. The Morgan fingerprint density at radius 2 is 1.86 bits per heavy atom. The smallest absolute Gasteiger partial charge is 0.242 e. The highest BCUT2D eigenvalue weighted by molar-refractivity contribution is 5.85. The van der Waals surface area contributed by atoms with Gasteiger partial charge in [0.05, 0.1) is 13.7 Å². The van der Waals surface area contributed by atoms with E-state index >= 15 is 0 Å². The Kier molecular flexibility index (Phi) is 6.63. The minimum atomic E-state index is -0.315. The number of likely N-dealkylation sites (tertiary alicyclic amines) is 1. The number of rotatable bonds is 7. The van der Waals surface area contributed by atoms with Gasteiger partial charge in [0.2, 0.25) is 11.8 Å². The second-order valence-electron chi connectivity index (χ2n) is 6.96. The summed E-state index contributed by atoms with van der Waals surface area (Å²) < 4.78 is 18.6. The number of nitrogens with zero attached hydrogens (tertiary/aromatic N) is 2. The van der Waals surface area contributed by atoms with Crippen molar-refractivity contribution in [2.45, 2.75) is 32.4 Å². The van der Waals surface area contributed by atoms with Crippen LogP contribution in [0.5, 0.6) is 5.75 Å². The van der Waals surface area contributed by atoms with Crippen molar-refractivity contribution in [1.29, 1.82) is 0 Å². The average molecular weight is 384 g/mol. The van der Waals surface area contributed by atoms with Crippen molar-refractivity contribution in [2.75, 3.05) is 20.2 Å². The predicted octanol–water partition coefficient (Wildman–Crippen LogP) is 3.38. The molecule has 0 aliphatic carbocycles. The molecule has 0 unspecified atom stereocenters. The van der Waals surface area contributed by atoms with Gasteiger partial charge in [-0.1, -0.05) is 30.3 Å². The molecule has 148 valence electrons. The number of halogens is 1. The Labute approximate surface area is 164 Å². The van der Waals surface area contributed by atoms with E-state index in [0.29, 0.717) is 31.8 Å². The van der Waals surface area contributed by atoms with Crippen molar-refractivity contribution in [2.24, 2.45) is 0 Å². The molecule has 6 heteroatoms. The van der Waals surface area contributed by atoms with Crippen LogP contribution in [0.1, 0.15) is 30.4 Å². The molecule has 1 saturated heterocycles. The van der Waals surface area contributed by atoms with Crippen LogP contribution in [0.4, 0.5) is 4.39 Å². The number of amides is 2. The Balaban J connectivity index is 1.79. The van der Waals surface area contributed by atoms with Crippen LogP contribution in [-0.2, 0) is 22.7 Å². The molecule has 0 saturated carbocycles. The normalized spacial score (nSPS) is 14.1. The van der Waals surface area contributed by atoms with E-state index in [1.807, 2.05) is 24.3 Å². The number of carbonyl (C=O) groups is 2. The quantitative estimate of drug-likeness (QED) is 0.735. The van der Waals surface area contributed by atoms with Crippen molar-refractivity contribution in [3.05, 3.63) is 65.5 Å². The summed E-state index contributed by atoms with van der Waals surface area (Å²) in [6.07, 6.45) is 2.30. The van der Waals surface area contributed by atoms with E-state index in [4.69, 9.17) is 4.74 Å². The Hall–Kier alpha value is -2.89. The molecule has 28 heavy (non-hydrogen) atoms. The fourth-order valence-electron chi connectivity index (χ4n) is 3.37. The third-order valence-corrected chi connectivity index (χ3v) is 4.94. The number of hydrogen-bond acceptors (Lipinski definition) is 3. The first-order chi connectivity index (χ1) is 13.6. The highest BCUT2D eigenvalue weighted by Gasteiger charge is 2.24.